The smallest absolute Gasteiger partial charge is 0.406 e. The fourth-order valence-corrected chi connectivity index (χ4v) is 2.69. The predicted octanol–water partition coefficient (Wildman–Crippen LogP) is 4.51. The number of hydrogen-bond donors (Lipinski definition) is 1. The van der Waals surface area contributed by atoms with Gasteiger partial charge in [-0.3, -0.25) is 0 Å². The number of anilines is 1. The van der Waals surface area contributed by atoms with Gasteiger partial charge in [0.05, 0.1) is 0 Å². The topological polar surface area (TPSA) is 30.5 Å². The Morgan fingerprint density at radius 3 is 2.29 bits per heavy atom. The summed E-state index contributed by atoms with van der Waals surface area (Å²) in [6.07, 6.45) is -1.77. The maximum atomic E-state index is 12.1. The molecule has 0 aliphatic carbocycles. The van der Waals surface area contributed by atoms with E-state index in [-0.39, 0.29) is 12.0 Å². The molecule has 0 aliphatic heterocycles. The van der Waals surface area contributed by atoms with E-state index < -0.39 is 15.4 Å². The van der Waals surface area contributed by atoms with Crippen LogP contribution in [0.4, 0.5) is 18.9 Å². The first-order valence-corrected chi connectivity index (χ1v) is 9.86. The Kier molecular flexibility index (Phi) is 7.04. The summed E-state index contributed by atoms with van der Waals surface area (Å²) in [5.41, 5.74) is 0.722. The van der Waals surface area contributed by atoms with Crippen LogP contribution >= 0.6 is 0 Å². The lowest BCUT2D eigenvalue weighted by Crippen LogP contribution is -2.28. The first-order chi connectivity index (χ1) is 9.80. The summed E-state index contributed by atoms with van der Waals surface area (Å²) in [5, 5.41) is 3.21. The van der Waals surface area contributed by atoms with E-state index in [4.69, 9.17) is 4.43 Å². The molecule has 120 valence electrons. The number of halogens is 3. The van der Waals surface area contributed by atoms with Crippen LogP contribution in [0.5, 0.6) is 5.75 Å². The summed E-state index contributed by atoms with van der Waals surface area (Å²) < 4.78 is 46.0. The molecule has 21 heavy (non-hydrogen) atoms. The zero-order valence-corrected chi connectivity index (χ0v) is 13.7. The highest BCUT2D eigenvalue weighted by molar-refractivity contribution is 6.48. The number of alkyl halides is 3. The number of ether oxygens (including phenoxy) is 1. The summed E-state index contributed by atoms with van der Waals surface area (Å²) in [7, 11) is -1.19. The predicted molar refractivity (Wildman–Crippen MR) is 80.0 cm³/mol. The van der Waals surface area contributed by atoms with E-state index in [0.717, 1.165) is 24.9 Å². The van der Waals surface area contributed by atoms with Crippen LogP contribution in [-0.2, 0) is 4.43 Å². The van der Waals surface area contributed by atoms with Crippen molar-refractivity contribution in [3.05, 3.63) is 24.3 Å². The molecular weight excluding hydrogens is 299 g/mol. The molecule has 1 atom stereocenters. The van der Waals surface area contributed by atoms with E-state index in [1.54, 1.807) is 12.1 Å². The van der Waals surface area contributed by atoms with E-state index in [0.29, 0.717) is 0 Å². The van der Waals surface area contributed by atoms with E-state index in [1.165, 1.54) is 12.1 Å². The fourth-order valence-electron chi connectivity index (χ4n) is 1.83. The molecule has 1 aromatic rings. The Morgan fingerprint density at radius 1 is 1.19 bits per heavy atom. The summed E-state index contributed by atoms with van der Waals surface area (Å²) in [6, 6.07) is 5.70. The molecular formula is C14H22F3NO2Si. The lowest BCUT2D eigenvalue weighted by atomic mass is 10.2. The number of benzene rings is 1. The average molecular weight is 321 g/mol. The van der Waals surface area contributed by atoms with Crippen molar-refractivity contribution in [2.45, 2.75) is 51.9 Å². The third kappa shape index (κ3) is 7.96. The second-order valence-corrected chi connectivity index (χ2v) is 7.40. The van der Waals surface area contributed by atoms with Gasteiger partial charge in [-0.05, 0) is 50.2 Å². The molecule has 0 saturated heterocycles. The number of rotatable bonds is 8. The van der Waals surface area contributed by atoms with Gasteiger partial charge in [-0.15, -0.1) is 13.2 Å². The van der Waals surface area contributed by atoms with Crippen molar-refractivity contribution in [2.75, 3.05) is 5.32 Å². The number of unbranched alkanes of at least 4 members (excludes halogenated alkanes) is 1. The van der Waals surface area contributed by atoms with Crippen LogP contribution in [0.15, 0.2) is 24.3 Å². The molecule has 0 heterocycles. The van der Waals surface area contributed by atoms with Gasteiger partial charge in [0.2, 0.25) is 0 Å². The van der Waals surface area contributed by atoms with Crippen molar-refractivity contribution in [1.82, 2.24) is 0 Å². The van der Waals surface area contributed by atoms with Crippen LogP contribution in [-0.4, -0.2) is 21.6 Å². The molecule has 1 aromatic carbocycles. The monoisotopic (exact) mass is 321 g/mol. The minimum Gasteiger partial charge on any atom is -0.406 e. The van der Waals surface area contributed by atoms with Crippen molar-refractivity contribution in [3.63, 3.8) is 0 Å². The van der Waals surface area contributed by atoms with Gasteiger partial charge in [0, 0.05) is 5.69 Å². The lowest BCUT2D eigenvalue weighted by Gasteiger charge is -2.23. The Balaban J connectivity index is 2.62. The van der Waals surface area contributed by atoms with Gasteiger partial charge >= 0.3 is 6.36 Å². The Labute approximate surface area is 125 Å². The van der Waals surface area contributed by atoms with Crippen LogP contribution in [0, 0.1) is 0 Å². The highest BCUT2D eigenvalue weighted by atomic mass is 28.3. The fraction of sp³-hybridized carbons (Fsp3) is 0.571. The maximum absolute atomic E-state index is 12.1. The van der Waals surface area contributed by atoms with Crippen LogP contribution in [0.2, 0.25) is 13.1 Å². The molecule has 0 bridgehead atoms. The molecule has 0 radical (unpaired) electrons. The second kappa shape index (κ2) is 8.28. The van der Waals surface area contributed by atoms with Crippen molar-refractivity contribution >= 4 is 14.7 Å². The van der Waals surface area contributed by atoms with Crippen molar-refractivity contribution in [3.8, 4) is 5.75 Å². The van der Waals surface area contributed by atoms with Gasteiger partial charge in [0.25, 0.3) is 0 Å². The zero-order chi connectivity index (χ0) is 15.9. The minimum absolute atomic E-state index is 0.0917. The first kappa shape index (κ1) is 17.8. The van der Waals surface area contributed by atoms with Gasteiger partial charge in [0.1, 0.15) is 12.0 Å². The summed E-state index contributed by atoms with van der Waals surface area (Å²) >= 11 is 0. The Hall–Kier alpha value is -1.21. The largest absolute Gasteiger partial charge is 0.573 e. The normalized spacial score (nSPS) is 13.3. The first-order valence-electron chi connectivity index (χ1n) is 7.08. The lowest BCUT2D eigenvalue weighted by molar-refractivity contribution is -0.274. The molecule has 1 N–H and O–H groups in total. The Morgan fingerprint density at radius 2 is 1.81 bits per heavy atom. The highest BCUT2D eigenvalue weighted by Crippen LogP contribution is 2.24. The summed E-state index contributed by atoms with van der Waals surface area (Å²) in [5.74, 6) is -0.225. The summed E-state index contributed by atoms with van der Waals surface area (Å²) in [4.78, 5) is 0. The molecule has 3 nitrogen and oxygen atoms in total. The van der Waals surface area contributed by atoms with Gasteiger partial charge in [-0.25, -0.2) is 0 Å². The van der Waals surface area contributed by atoms with E-state index in [2.05, 4.69) is 30.1 Å². The van der Waals surface area contributed by atoms with Crippen LogP contribution in [0.3, 0.4) is 0 Å². The summed E-state index contributed by atoms with van der Waals surface area (Å²) in [6.45, 7) is 6.27. The van der Waals surface area contributed by atoms with Crippen LogP contribution in [0.1, 0.15) is 26.2 Å². The third-order valence-electron chi connectivity index (χ3n) is 2.67. The van der Waals surface area contributed by atoms with Crippen molar-refractivity contribution in [2.24, 2.45) is 0 Å². The standard InChI is InChI=1S/C14H22F3NO2Si/c1-4-5-6-13(20-21(2)3)18-11-7-9-12(10-8-11)19-14(15,16)17/h7-10,13,18,21H,4-6H2,1-3H3. The van der Waals surface area contributed by atoms with Gasteiger partial charge < -0.3 is 14.5 Å². The number of hydrogen-bond acceptors (Lipinski definition) is 3. The molecule has 0 saturated carbocycles. The van der Waals surface area contributed by atoms with Gasteiger partial charge in [-0.2, -0.15) is 0 Å². The molecule has 0 amide bonds. The molecule has 1 rings (SSSR count). The van der Waals surface area contributed by atoms with Crippen molar-refractivity contribution < 1.29 is 22.3 Å². The average Bonchev–Trinajstić information content (AvgIpc) is 2.36. The highest BCUT2D eigenvalue weighted by Gasteiger charge is 2.30. The van der Waals surface area contributed by atoms with Crippen molar-refractivity contribution in [1.29, 1.82) is 0 Å². The third-order valence-corrected chi connectivity index (χ3v) is 3.54. The van der Waals surface area contributed by atoms with Crippen LogP contribution < -0.4 is 10.1 Å². The molecule has 0 fully saturated rings. The molecule has 7 heteroatoms. The van der Waals surface area contributed by atoms with Crippen LogP contribution in [0.25, 0.3) is 0 Å². The number of nitrogens with one attached hydrogen (secondary N) is 1. The van der Waals surface area contributed by atoms with E-state index in [9.17, 15) is 13.2 Å². The molecule has 0 aromatic heterocycles. The van der Waals surface area contributed by atoms with E-state index >= 15 is 0 Å². The SMILES string of the molecule is CCCCC(Nc1ccc(OC(F)(F)F)cc1)O[SiH](C)C. The zero-order valence-electron chi connectivity index (χ0n) is 12.5. The minimum atomic E-state index is -4.66. The molecule has 0 aliphatic rings. The Bertz CT molecular complexity index is 410. The second-order valence-electron chi connectivity index (χ2n) is 5.03. The molecule has 1 unspecified atom stereocenters. The molecule has 0 spiro atoms. The van der Waals surface area contributed by atoms with Gasteiger partial charge in [-0.1, -0.05) is 13.3 Å². The van der Waals surface area contributed by atoms with Gasteiger partial charge in [0.15, 0.2) is 9.04 Å². The van der Waals surface area contributed by atoms with E-state index in [1.807, 2.05) is 0 Å². The quantitative estimate of drug-likeness (QED) is 0.564. The maximum Gasteiger partial charge on any atom is 0.573 e.